The topological polar surface area (TPSA) is 34.1 Å². The summed E-state index contributed by atoms with van der Waals surface area (Å²) in [6, 6.07) is 0. The molecule has 1 heterocycles. The second-order valence-corrected chi connectivity index (χ2v) is 5.36. The van der Waals surface area contributed by atoms with Gasteiger partial charge in [0.2, 0.25) is 0 Å². The van der Waals surface area contributed by atoms with Gasteiger partial charge in [-0.1, -0.05) is 6.92 Å². The van der Waals surface area contributed by atoms with E-state index in [1.807, 2.05) is 6.92 Å². The molecule has 0 aromatic carbocycles. The van der Waals surface area contributed by atoms with E-state index in [9.17, 15) is 0 Å². The second kappa shape index (κ2) is 5.75. The molecule has 92 valence electrons. The Balaban J connectivity index is 2.91. The Morgan fingerprint density at radius 3 is 2.50 bits per heavy atom. The lowest BCUT2D eigenvalue weighted by atomic mass is 10.1. The van der Waals surface area contributed by atoms with Crippen molar-refractivity contribution < 1.29 is 4.74 Å². The van der Waals surface area contributed by atoms with Gasteiger partial charge in [0.15, 0.2) is 0 Å². The number of hydrogen-bond acceptors (Lipinski definition) is 4. The van der Waals surface area contributed by atoms with Crippen molar-refractivity contribution in [2.75, 3.05) is 19.8 Å². The number of nitrogens with zero attached hydrogens (tertiary/aromatic N) is 1. The summed E-state index contributed by atoms with van der Waals surface area (Å²) in [5.41, 5.74) is 0.967. The SMILES string of the molecule is CCNC(C)(COCC)c1nc(C)c(C)s1. The van der Waals surface area contributed by atoms with Gasteiger partial charge in [-0.3, -0.25) is 0 Å². The Bertz CT molecular complexity index is 318. The van der Waals surface area contributed by atoms with Crippen molar-refractivity contribution in [3.05, 3.63) is 15.6 Å². The number of rotatable bonds is 6. The number of aryl methyl sites for hydroxylation is 2. The largest absolute Gasteiger partial charge is 0.379 e. The highest BCUT2D eigenvalue weighted by Gasteiger charge is 2.29. The summed E-state index contributed by atoms with van der Waals surface area (Å²) in [4.78, 5) is 5.92. The Morgan fingerprint density at radius 2 is 2.06 bits per heavy atom. The molecule has 0 aliphatic carbocycles. The van der Waals surface area contributed by atoms with Crippen molar-refractivity contribution in [1.82, 2.24) is 10.3 Å². The molecule has 0 saturated heterocycles. The molecule has 16 heavy (non-hydrogen) atoms. The van der Waals surface area contributed by atoms with E-state index in [0.29, 0.717) is 6.61 Å². The molecule has 0 aliphatic rings. The smallest absolute Gasteiger partial charge is 0.115 e. The molecular weight excluding hydrogens is 220 g/mol. The van der Waals surface area contributed by atoms with E-state index >= 15 is 0 Å². The molecule has 1 rings (SSSR count). The summed E-state index contributed by atoms with van der Waals surface area (Å²) in [5.74, 6) is 0. The van der Waals surface area contributed by atoms with Crippen LogP contribution in [-0.4, -0.2) is 24.7 Å². The monoisotopic (exact) mass is 242 g/mol. The zero-order chi connectivity index (χ0) is 12.2. The lowest BCUT2D eigenvalue weighted by Crippen LogP contribution is -2.43. The number of thiazole rings is 1. The fourth-order valence-corrected chi connectivity index (χ4v) is 2.62. The highest BCUT2D eigenvalue weighted by Crippen LogP contribution is 2.27. The first-order chi connectivity index (χ1) is 7.53. The Labute approximate surface area is 102 Å². The van der Waals surface area contributed by atoms with E-state index in [4.69, 9.17) is 4.74 Å². The van der Waals surface area contributed by atoms with Crippen LogP contribution in [0.4, 0.5) is 0 Å². The standard InChI is InChI=1S/C12H22N2OS/c1-6-13-12(5,8-15-7-2)11-14-9(3)10(4)16-11/h13H,6-8H2,1-5H3. The maximum atomic E-state index is 5.56. The average molecular weight is 242 g/mol. The minimum atomic E-state index is -0.158. The molecule has 1 aromatic heterocycles. The van der Waals surface area contributed by atoms with Gasteiger partial charge in [-0.15, -0.1) is 11.3 Å². The molecule has 1 atom stereocenters. The normalized spacial score (nSPS) is 15.1. The van der Waals surface area contributed by atoms with Crippen molar-refractivity contribution in [3.8, 4) is 0 Å². The van der Waals surface area contributed by atoms with E-state index < -0.39 is 0 Å². The van der Waals surface area contributed by atoms with Crippen LogP contribution in [0.15, 0.2) is 0 Å². The van der Waals surface area contributed by atoms with Gasteiger partial charge in [-0.25, -0.2) is 4.98 Å². The van der Waals surface area contributed by atoms with Gasteiger partial charge in [-0.05, 0) is 34.2 Å². The molecule has 4 heteroatoms. The average Bonchev–Trinajstić information content (AvgIpc) is 2.57. The Kier molecular flexibility index (Phi) is 4.89. The molecule has 0 spiro atoms. The molecule has 0 fully saturated rings. The summed E-state index contributed by atoms with van der Waals surface area (Å²) in [6.45, 7) is 12.8. The third kappa shape index (κ3) is 3.03. The first-order valence-corrected chi connectivity index (χ1v) is 6.62. The summed E-state index contributed by atoms with van der Waals surface area (Å²) < 4.78 is 5.56. The summed E-state index contributed by atoms with van der Waals surface area (Å²) in [6.07, 6.45) is 0. The van der Waals surface area contributed by atoms with Crippen molar-refractivity contribution in [1.29, 1.82) is 0 Å². The molecule has 0 saturated carbocycles. The van der Waals surface area contributed by atoms with Crippen LogP contribution in [0.1, 0.15) is 36.3 Å². The zero-order valence-corrected chi connectivity index (χ0v) is 11.7. The minimum Gasteiger partial charge on any atom is -0.379 e. The van der Waals surface area contributed by atoms with Crippen molar-refractivity contribution in [2.24, 2.45) is 0 Å². The number of likely N-dealkylation sites (N-methyl/N-ethyl adjacent to an activating group) is 1. The number of ether oxygens (including phenoxy) is 1. The van der Waals surface area contributed by atoms with Gasteiger partial charge in [0.25, 0.3) is 0 Å². The van der Waals surface area contributed by atoms with Crippen LogP contribution in [0, 0.1) is 13.8 Å². The second-order valence-electron chi connectivity index (χ2n) is 4.16. The van der Waals surface area contributed by atoms with E-state index in [0.717, 1.165) is 23.9 Å². The minimum absolute atomic E-state index is 0.158. The first-order valence-electron chi connectivity index (χ1n) is 5.80. The van der Waals surface area contributed by atoms with E-state index in [-0.39, 0.29) is 5.54 Å². The van der Waals surface area contributed by atoms with Gasteiger partial charge in [0.1, 0.15) is 5.01 Å². The van der Waals surface area contributed by atoms with Crippen LogP contribution >= 0.6 is 11.3 Å². The summed E-state index contributed by atoms with van der Waals surface area (Å²) in [5, 5.41) is 4.60. The van der Waals surface area contributed by atoms with Crippen LogP contribution in [0.3, 0.4) is 0 Å². The lowest BCUT2D eigenvalue weighted by molar-refractivity contribution is 0.0839. The summed E-state index contributed by atoms with van der Waals surface area (Å²) >= 11 is 1.76. The van der Waals surface area contributed by atoms with Gasteiger partial charge in [-0.2, -0.15) is 0 Å². The molecule has 0 bridgehead atoms. The van der Waals surface area contributed by atoms with Crippen molar-refractivity contribution in [2.45, 2.75) is 40.2 Å². The van der Waals surface area contributed by atoms with Gasteiger partial charge < -0.3 is 10.1 Å². The molecule has 3 nitrogen and oxygen atoms in total. The van der Waals surface area contributed by atoms with E-state index in [1.165, 1.54) is 4.88 Å². The Morgan fingerprint density at radius 1 is 1.38 bits per heavy atom. The maximum Gasteiger partial charge on any atom is 0.115 e. The fourth-order valence-electron chi connectivity index (χ4n) is 1.59. The fraction of sp³-hybridized carbons (Fsp3) is 0.750. The van der Waals surface area contributed by atoms with Crippen molar-refractivity contribution >= 4 is 11.3 Å². The number of nitrogens with one attached hydrogen (secondary N) is 1. The number of aromatic nitrogens is 1. The molecule has 0 radical (unpaired) electrons. The third-order valence-corrected chi connectivity index (χ3v) is 4.00. The molecule has 1 N–H and O–H groups in total. The van der Waals surface area contributed by atoms with Gasteiger partial charge in [0.05, 0.1) is 17.8 Å². The van der Waals surface area contributed by atoms with Crippen LogP contribution in [0.2, 0.25) is 0 Å². The van der Waals surface area contributed by atoms with E-state index in [2.05, 4.69) is 38.0 Å². The number of hydrogen-bond donors (Lipinski definition) is 1. The molecule has 1 unspecified atom stereocenters. The first kappa shape index (κ1) is 13.6. The lowest BCUT2D eigenvalue weighted by Gasteiger charge is -2.28. The van der Waals surface area contributed by atoms with Crippen molar-refractivity contribution in [3.63, 3.8) is 0 Å². The van der Waals surface area contributed by atoms with Crippen LogP contribution in [0.25, 0.3) is 0 Å². The summed E-state index contributed by atoms with van der Waals surface area (Å²) in [7, 11) is 0. The van der Waals surface area contributed by atoms with Crippen LogP contribution < -0.4 is 5.32 Å². The van der Waals surface area contributed by atoms with Crippen LogP contribution in [-0.2, 0) is 10.3 Å². The quantitative estimate of drug-likeness (QED) is 0.832. The van der Waals surface area contributed by atoms with E-state index in [1.54, 1.807) is 11.3 Å². The molecular formula is C12H22N2OS. The predicted molar refractivity (Wildman–Crippen MR) is 69.1 cm³/mol. The molecule has 0 aliphatic heterocycles. The molecule has 0 amide bonds. The zero-order valence-electron chi connectivity index (χ0n) is 10.9. The Hall–Kier alpha value is -0.450. The predicted octanol–water partition coefficient (Wildman–Crippen LogP) is 2.62. The van der Waals surface area contributed by atoms with Crippen LogP contribution in [0.5, 0.6) is 0 Å². The van der Waals surface area contributed by atoms with Gasteiger partial charge >= 0.3 is 0 Å². The third-order valence-electron chi connectivity index (χ3n) is 2.66. The maximum absolute atomic E-state index is 5.56. The highest BCUT2D eigenvalue weighted by molar-refractivity contribution is 7.11. The van der Waals surface area contributed by atoms with Gasteiger partial charge in [0, 0.05) is 11.5 Å². The molecule has 1 aromatic rings. The highest BCUT2D eigenvalue weighted by atomic mass is 32.1.